The molecular weight excluding hydrogens is 399 g/mol. The standard InChI is InChI=1S/C17H22ClIO2/c1-11(2)17-9-15(16(3,21-17)8-14(17)19)20-10-12-6-4-5-7-13(12)18/h4-7,11,14-15H,8-10H2,1-3H3/t14-,15+,16-,17+/m0/s1. The molecule has 0 aromatic heterocycles. The van der Waals surface area contributed by atoms with Gasteiger partial charge in [-0.15, -0.1) is 0 Å². The molecule has 0 aliphatic carbocycles. The van der Waals surface area contributed by atoms with E-state index in [1.807, 2.05) is 24.3 Å². The normalized spacial score (nSPS) is 38.4. The predicted octanol–water partition coefficient (Wildman–Crippen LogP) is 5.01. The van der Waals surface area contributed by atoms with Gasteiger partial charge in [0.05, 0.1) is 23.9 Å². The molecule has 2 aliphatic rings. The summed E-state index contributed by atoms with van der Waals surface area (Å²) in [7, 11) is 0. The fourth-order valence-electron chi connectivity index (χ4n) is 3.70. The van der Waals surface area contributed by atoms with Gasteiger partial charge >= 0.3 is 0 Å². The first-order valence-corrected chi connectivity index (χ1v) is 9.19. The van der Waals surface area contributed by atoms with Crippen molar-refractivity contribution in [3.05, 3.63) is 34.9 Å². The molecule has 2 fully saturated rings. The molecule has 0 spiro atoms. The number of hydrogen-bond acceptors (Lipinski definition) is 2. The second-order valence-electron chi connectivity index (χ2n) is 6.79. The van der Waals surface area contributed by atoms with Crippen molar-refractivity contribution in [1.29, 1.82) is 0 Å². The number of hydrogen-bond donors (Lipinski definition) is 0. The van der Waals surface area contributed by atoms with Gasteiger partial charge in [-0.3, -0.25) is 0 Å². The third-order valence-corrected chi connectivity index (χ3v) is 6.96. The van der Waals surface area contributed by atoms with E-state index in [0.29, 0.717) is 16.4 Å². The van der Waals surface area contributed by atoms with Crippen LogP contribution in [0.15, 0.2) is 24.3 Å². The number of rotatable bonds is 4. The van der Waals surface area contributed by atoms with E-state index in [0.717, 1.165) is 23.4 Å². The molecule has 2 heterocycles. The van der Waals surface area contributed by atoms with Crippen molar-refractivity contribution in [3.63, 3.8) is 0 Å². The maximum Gasteiger partial charge on any atom is 0.0935 e. The number of halogens is 2. The average Bonchev–Trinajstić information content (AvgIpc) is 2.86. The molecule has 3 rings (SSSR count). The summed E-state index contributed by atoms with van der Waals surface area (Å²) in [4.78, 5) is 0. The molecule has 0 radical (unpaired) electrons. The Hall–Kier alpha value is 0.160. The number of alkyl halides is 1. The highest BCUT2D eigenvalue weighted by Crippen LogP contribution is 2.57. The van der Waals surface area contributed by atoms with Gasteiger partial charge in [0, 0.05) is 15.4 Å². The van der Waals surface area contributed by atoms with E-state index in [1.54, 1.807) is 0 Å². The Kier molecular flexibility index (Phi) is 4.32. The molecule has 2 aliphatic heterocycles. The predicted molar refractivity (Wildman–Crippen MR) is 94.1 cm³/mol. The Morgan fingerprint density at radius 1 is 1.38 bits per heavy atom. The van der Waals surface area contributed by atoms with Gasteiger partial charge in [-0.2, -0.15) is 0 Å². The van der Waals surface area contributed by atoms with Crippen molar-refractivity contribution in [1.82, 2.24) is 0 Å². The smallest absolute Gasteiger partial charge is 0.0935 e. The number of fused-ring (bicyclic) bond motifs is 2. The Balaban J connectivity index is 1.73. The maximum atomic E-state index is 6.49. The molecule has 4 atom stereocenters. The molecular formula is C17H22ClIO2. The SMILES string of the molecule is CC(C)[C@]12C[C@@H](OCc3ccccc3Cl)[C@](C)(C[C@@H]1I)O2. The van der Waals surface area contributed by atoms with Crippen molar-refractivity contribution < 1.29 is 9.47 Å². The van der Waals surface area contributed by atoms with Crippen molar-refractivity contribution >= 4 is 34.2 Å². The lowest BCUT2D eigenvalue weighted by Crippen LogP contribution is -2.44. The molecule has 1 aromatic carbocycles. The average molecular weight is 421 g/mol. The first-order valence-electron chi connectivity index (χ1n) is 7.57. The minimum Gasteiger partial charge on any atom is -0.370 e. The zero-order chi connectivity index (χ0) is 15.3. The van der Waals surface area contributed by atoms with Crippen LogP contribution >= 0.6 is 34.2 Å². The largest absolute Gasteiger partial charge is 0.370 e. The summed E-state index contributed by atoms with van der Waals surface area (Å²) in [5.74, 6) is 0.509. The van der Waals surface area contributed by atoms with Gasteiger partial charge in [-0.25, -0.2) is 0 Å². The third-order valence-electron chi connectivity index (χ3n) is 5.10. The van der Waals surface area contributed by atoms with Crippen LogP contribution in [0.4, 0.5) is 0 Å². The van der Waals surface area contributed by atoms with Crippen LogP contribution in [0.5, 0.6) is 0 Å². The lowest BCUT2D eigenvalue weighted by Gasteiger charge is -2.35. The van der Waals surface area contributed by atoms with Crippen LogP contribution in [0.1, 0.15) is 39.2 Å². The maximum absolute atomic E-state index is 6.49. The van der Waals surface area contributed by atoms with E-state index in [-0.39, 0.29) is 17.3 Å². The fraction of sp³-hybridized carbons (Fsp3) is 0.647. The van der Waals surface area contributed by atoms with Crippen molar-refractivity contribution in [3.8, 4) is 0 Å². The minimum atomic E-state index is -0.155. The van der Waals surface area contributed by atoms with Crippen molar-refractivity contribution in [2.45, 2.75) is 61.5 Å². The summed E-state index contributed by atoms with van der Waals surface area (Å²) in [6.07, 6.45) is 2.21. The summed E-state index contributed by atoms with van der Waals surface area (Å²) in [6, 6.07) is 7.89. The van der Waals surface area contributed by atoms with Gasteiger partial charge in [0.15, 0.2) is 0 Å². The first-order chi connectivity index (χ1) is 9.87. The van der Waals surface area contributed by atoms with Crippen LogP contribution < -0.4 is 0 Å². The van der Waals surface area contributed by atoms with E-state index in [2.05, 4.69) is 43.4 Å². The van der Waals surface area contributed by atoms with Crippen LogP contribution in [0, 0.1) is 5.92 Å². The highest BCUT2D eigenvalue weighted by Gasteiger charge is 2.65. The molecule has 0 N–H and O–H groups in total. The Morgan fingerprint density at radius 2 is 2.10 bits per heavy atom. The molecule has 116 valence electrons. The van der Waals surface area contributed by atoms with Gasteiger partial charge in [0.25, 0.3) is 0 Å². The molecule has 0 amide bonds. The second-order valence-corrected chi connectivity index (χ2v) is 8.70. The van der Waals surface area contributed by atoms with Gasteiger partial charge in [0.2, 0.25) is 0 Å². The Morgan fingerprint density at radius 3 is 2.71 bits per heavy atom. The van der Waals surface area contributed by atoms with E-state index in [9.17, 15) is 0 Å². The molecule has 1 aromatic rings. The topological polar surface area (TPSA) is 18.5 Å². The Labute approximate surface area is 145 Å². The fourth-order valence-corrected chi connectivity index (χ4v) is 5.86. The molecule has 21 heavy (non-hydrogen) atoms. The van der Waals surface area contributed by atoms with Crippen LogP contribution in [-0.4, -0.2) is 21.2 Å². The highest BCUT2D eigenvalue weighted by atomic mass is 127. The van der Waals surface area contributed by atoms with Gasteiger partial charge in [-0.1, -0.05) is 66.2 Å². The summed E-state index contributed by atoms with van der Waals surface area (Å²) in [5.41, 5.74) is 0.868. The van der Waals surface area contributed by atoms with E-state index >= 15 is 0 Å². The quantitative estimate of drug-likeness (QED) is 0.504. The molecule has 0 saturated carbocycles. The Bertz CT molecular complexity index is 535. The summed E-state index contributed by atoms with van der Waals surface area (Å²) < 4.78 is 13.3. The van der Waals surface area contributed by atoms with E-state index in [4.69, 9.17) is 21.1 Å². The summed E-state index contributed by atoms with van der Waals surface area (Å²) in [6.45, 7) is 7.28. The first kappa shape index (κ1) is 16.0. The number of benzene rings is 1. The summed E-state index contributed by atoms with van der Waals surface area (Å²) >= 11 is 8.77. The molecule has 2 bridgehead atoms. The van der Waals surface area contributed by atoms with Crippen LogP contribution in [-0.2, 0) is 16.1 Å². The van der Waals surface area contributed by atoms with E-state index < -0.39 is 0 Å². The molecule has 4 heteroatoms. The molecule has 2 nitrogen and oxygen atoms in total. The monoisotopic (exact) mass is 420 g/mol. The molecule has 2 saturated heterocycles. The minimum absolute atomic E-state index is 0.0273. The van der Waals surface area contributed by atoms with Gasteiger partial charge in [-0.05, 0) is 30.9 Å². The highest BCUT2D eigenvalue weighted by molar-refractivity contribution is 14.1. The zero-order valence-electron chi connectivity index (χ0n) is 12.7. The second kappa shape index (κ2) is 5.66. The van der Waals surface area contributed by atoms with Crippen LogP contribution in [0.25, 0.3) is 0 Å². The van der Waals surface area contributed by atoms with Crippen molar-refractivity contribution in [2.24, 2.45) is 5.92 Å². The van der Waals surface area contributed by atoms with Crippen LogP contribution in [0.2, 0.25) is 5.02 Å². The third kappa shape index (κ3) is 2.64. The molecule has 0 unspecified atom stereocenters. The lowest BCUT2D eigenvalue weighted by atomic mass is 9.75. The van der Waals surface area contributed by atoms with Gasteiger partial charge < -0.3 is 9.47 Å². The number of ether oxygens (including phenoxy) is 2. The summed E-state index contributed by atoms with van der Waals surface area (Å²) in [5, 5.41) is 0.775. The van der Waals surface area contributed by atoms with E-state index in [1.165, 1.54) is 0 Å². The van der Waals surface area contributed by atoms with Crippen molar-refractivity contribution in [2.75, 3.05) is 0 Å². The zero-order valence-corrected chi connectivity index (χ0v) is 15.6. The lowest BCUT2D eigenvalue weighted by molar-refractivity contribution is -0.0954. The van der Waals surface area contributed by atoms with Gasteiger partial charge in [0.1, 0.15) is 0 Å². The van der Waals surface area contributed by atoms with Crippen LogP contribution in [0.3, 0.4) is 0 Å².